The number of halogens is 1. The van der Waals surface area contributed by atoms with Gasteiger partial charge in [-0.25, -0.2) is 12.8 Å². The van der Waals surface area contributed by atoms with E-state index in [1.807, 2.05) is 6.07 Å². The zero-order valence-electron chi connectivity index (χ0n) is 16.2. The number of anilines is 1. The van der Waals surface area contributed by atoms with Crippen LogP contribution in [0.15, 0.2) is 83.8 Å². The minimum Gasteiger partial charge on any atom is -0.497 e. The van der Waals surface area contributed by atoms with Gasteiger partial charge in [0.1, 0.15) is 17.6 Å². The van der Waals surface area contributed by atoms with Crippen LogP contribution in [0.1, 0.15) is 5.56 Å². The van der Waals surface area contributed by atoms with Crippen molar-refractivity contribution in [2.45, 2.75) is 17.4 Å². The Labute approximate surface area is 174 Å². The van der Waals surface area contributed by atoms with Gasteiger partial charge in [-0.05, 0) is 48.4 Å². The van der Waals surface area contributed by atoms with Gasteiger partial charge in [0.2, 0.25) is 15.9 Å². The van der Waals surface area contributed by atoms with Crippen molar-refractivity contribution in [1.29, 1.82) is 0 Å². The molecule has 156 valence electrons. The number of carbonyl (C=O) groups excluding carboxylic acids is 1. The predicted molar refractivity (Wildman–Crippen MR) is 112 cm³/mol. The number of amides is 1. The number of methoxy groups -OCH3 is 1. The molecule has 0 heterocycles. The Hall–Kier alpha value is -3.23. The third kappa shape index (κ3) is 5.65. The zero-order chi connectivity index (χ0) is 21.6. The van der Waals surface area contributed by atoms with E-state index in [4.69, 9.17) is 4.74 Å². The van der Waals surface area contributed by atoms with E-state index in [0.29, 0.717) is 11.4 Å². The zero-order valence-corrected chi connectivity index (χ0v) is 17.0. The van der Waals surface area contributed by atoms with Crippen molar-refractivity contribution in [2.75, 3.05) is 12.4 Å². The molecule has 3 aromatic rings. The van der Waals surface area contributed by atoms with Crippen molar-refractivity contribution in [2.24, 2.45) is 0 Å². The molecule has 0 spiro atoms. The molecular weight excluding hydrogens is 407 g/mol. The number of carbonyl (C=O) groups is 1. The van der Waals surface area contributed by atoms with Crippen LogP contribution in [-0.4, -0.2) is 27.5 Å². The number of sulfonamides is 1. The number of benzene rings is 3. The lowest BCUT2D eigenvalue weighted by atomic mass is 10.1. The van der Waals surface area contributed by atoms with Crippen molar-refractivity contribution < 1.29 is 22.3 Å². The summed E-state index contributed by atoms with van der Waals surface area (Å²) < 4.78 is 46.3. The van der Waals surface area contributed by atoms with Gasteiger partial charge in [-0.1, -0.05) is 36.4 Å². The molecule has 0 saturated carbocycles. The molecule has 0 fully saturated rings. The van der Waals surface area contributed by atoms with Crippen molar-refractivity contribution >= 4 is 21.6 Å². The fourth-order valence-corrected chi connectivity index (χ4v) is 4.03. The van der Waals surface area contributed by atoms with Crippen molar-refractivity contribution in [1.82, 2.24) is 4.72 Å². The van der Waals surface area contributed by atoms with Crippen LogP contribution < -0.4 is 14.8 Å². The summed E-state index contributed by atoms with van der Waals surface area (Å²) in [5.74, 6) is -0.525. The molecule has 0 unspecified atom stereocenters. The van der Waals surface area contributed by atoms with E-state index < -0.39 is 27.8 Å². The standard InChI is InChI=1S/C22H21FN2O4S/c1-29-19-9-5-8-18(15-19)24-22(26)21(14-16-6-3-2-4-7-16)25-30(27,28)20-12-10-17(23)11-13-20/h2-13,15,21,25H,14H2,1H3,(H,24,26)/t21-/m0/s1. The van der Waals surface area contributed by atoms with Crippen molar-refractivity contribution in [3.63, 3.8) is 0 Å². The Morgan fingerprint density at radius 2 is 1.70 bits per heavy atom. The maximum absolute atomic E-state index is 13.2. The first kappa shape index (κ1) is 21.5. The normalized spacial score (nSPS) is 12.2. The Morgan fingerprint density at radius 3 is 2.37 bits per heavy atom. The number of rotatable bonds is 8. The summed E-state index contributed by atoms with van der Waals surface area (Å²) in [6, 6.07) is 19.1. The van der Waals surface area contributed by atoms with Crippen molar-refractivity contribution in [3.8, 4) is 5.75 Å². The Balaban J connectivity index is 1.85. The first-order valence-corrected chi connectivity index (χ1v) is 10.6. The maximum Gasteiger partial charge on any atom is 0.242 e. The average molecular weight is 428 g/mol. The largest absolute Gasteiger partial charge is 0.497 e. The predicted octanol–water partition coefficient (Wildman–Crippen LogP) is 3.36. The summed E-state index contributed by atoms with van der Waals surface area (Å²) in [6.07, 6.45) is 0.136. The number of hydrogen-bond donors (Lipinski definition) is 2. The second-order valence-corrected chi connectivity index (χ2v) is 8.25. The first-order chi connectivity index (χ1) is 14.4. The summed E-state index contributed by atoms with van der Waals surface area (Å²) in [4.78, 5) is 12.8. The number of hydrogen-bond acceptors (Lipinski definition) is 4. The van der Waals surface area contributed by atoms with Crippen LogP contribution in [-0.2, 0) is 21.2 Å². The second-order valence-electron chi connectivity index (χ2n) is 6.54. The Morgan fingerprint density at radius 1 is 1.00 bits per heavy atom. The van der Waals surface area contributed by atoms with Crippen LogP contribution >= 0.6 is 0 Å². The van der Waals surface area contributed by atoms with Gasteiger partial charge in [-0.15, -0.1) is 0 Å². The molecule has 8 heteroatoms. The van der Waals surface area contributed by atoms with Crippen molar-refractivity contribution in [3.05, 3.63) is 90.2 Å². The van der Waals surface area contributed by atoms with Crippen LogP contribution in [0.2, 0.25) is 0 Å². The SMILES string of the molecule is COc1cccc(NC(=O)[C@H](Cc2ccccc2)NS(=O)(=O)c2ccc(F)cc2)c1. The molecule has 0 radical (unpaired) electrons. The van der Waals surface area contributed by atoms with Gasteiger partial charge in [-0.2, -0.15) is 4.72 Å². The highest BCUT2D eigenvalue weighted by molar-refractivity contribution is 7.89. The number of nitrogens with one attached hydrogen (secondary N) is 2. The maximum atomic E-state index is 13.2. The molecule has 0 saturated heterocycles. The van der Waals surface area contributed by atoms with Gasteiger partial charge >= 0.3 is 0 Å². The number of ether oxygens (including phenoxy) is 1. The third-order valence-corrected chi connectivity index (χ3v) is 5.85. The van der Waals surface area contributed by atoms with Gasteiger partial charge in [0.15, 0.2) is 0 Å². The highest BCUT2D eigenvalue weighted by Gasteiger charge is 2.26. The molecule has 2 N–H and O–H groups in total. The van der Waals surface area contributed by atoms with E-state index in [2.05, 4.69) is 10.0 Å². The molecule has 0 aromatic heterocycles. The van der Waals surface area contributed by atoms with Crippen LogP contribution in [0, 0.1) is 5.82 Å². The fraction of sp³-hybridized carbons (Fsp3) is 0.136. The molecule has 3 rings (SSSR count). The van der Waals surface area contributed by atoms with Gasteiger partial charge in [-0.3, -0.25) is 4.79 Å². The van der Waals surface area contributed by atoms with Crippen LogP contribution in [0.4, 0.5) is 10.1 Å². The molecule has 3 aromatic carbocycles. The van der Waals surface area contributed by atoms with E-state index >= 15 is 0 Å². The molecule has 0 aliphatic rings. The van der Waals surface area contributed by atoms with E-state index in [1.165, 1.54) is 7.11 Å². The Bertz CT molecular complexity index is 1100. The lowest BCUT2D eigenvalue weighted by Gasteiger charge is -2.19. The minimum absolute atomic E-state index is 0.129. The molecule has 1 amide bonds. The fourth-order valence-electron chi connectivity index (χ4n) is 2.84. The summed E-state index contributed by atoms with van der Waals surface area (Å²) in [6.45, 7) is 0. The molecular formula is C22H21FN2O4S. The molecule has 1 atom stereocenters. The van der Waals surface area contributed by atoms with E-state index in [9.17, 15) is 17.6 Å². The van der Waals surface area contributed by atoms with Gasteiger partial charge in [0, 0.05) is 11.8 Å². The van der Waals surface area contributed by atoms with Crippen LogP contribution in [0.25, 0.3) is 0 Å². The average Bonchev–Trinajstić information content (AvgIpc) is 2.74. The molecule has 0 aliphatic carbocycles. The highest BCUT2D eigenvalue weighted by Crippen LogP contribution is 2.18. The topological polar surface area (TPSA) is 84.5 Å². The summed E-state index contributed by atoms with van der Waals surface area (Å²) >= 11 is 0. The van der Waals surface area contributed by atoms with Crippen LogP contribution in [0.3, 0.4) is 0 Å². The molecule has 6 nitrogen and oxygen atoms in total. The van der Waals surface area contributed by atoms with E-state index in [-0.39, 0.29) is 11.3 Å². The van der Waals surface area contributed by atoms with E-state index in [0.717, 1.165) is 29.8 Å². The van der Waals surface area contributed by atoms with Gasteiger partial charge in [0.25, 0.3) is 0 Å². The molecule has 30 heavy (non-hydrogen) atoms. The summed E-state index contributed by atoms with van der Waals surface area (Å²) in [5.41, 5.74) is 1.25. The van der Waals surface area contributed by atoms with Gasteiger partial charge in [0.05, 0.1) is 12.0 Å². The minimum atomic E-state index is -4.05. The van der Waals surface area contributed by atoms with E-state index in [1.54, 1.807) is 48.5 Å². The highest BCUT2D eigenvalue weighted by atomic mass is 32.2. The Kier molecular flexibility index (Phi) is 6.81. The lowest BCUT2D eigenvalue weighted by molar-refractivity contribution is -0.117. The lowest BCUT2D eigenvalue weighted by Crippen LogP contribution is -2.45. The summed E-state index contributed by atoms with van der Waals surface area (Å²) in [5, 5.41) is 2.71. The molecule has 0 bridgehead atoms. The van der Waals surface area contributed by atoms with Crippen LogP contribution in [0.5, 0.6) is 5.75 Å². The third-order valence-electron chi connectivity index (χ3n) is 4.36. The first-order valence-electron chi connectivity index (χ1n) is 9.14. The smallest absolute Gasteiger partial charge is 0.242 e. The molecule has 0 aliphatic heterocycles. The van der Waals surface area contributed by atoms with Gasteiger partial charge < -0.3 is 10.1 Å². The quantitative estimate of drug-likeness (QED) is 0.576. The second kappa shape index (κ2) is 9.51. The summed E-state index contributed by atoms with van der Waals surface area (Å²) in [7, 11) is -2.54. The monoisotopic (exact) mass is 428 g/mol.